The summed E-state index contributed by atoms with van der Waals surface area (Å²) in [5.74, 6) is -2.25. The van der Waals surface area contributed by atoms with E-state index in [1.807, 2.05) is 0 Å². The molecule has 0 aliphatic heterocycles. The number of carboxylic acids is 2. The van der Waals surface area contributed by atoms with Gasteiger partial charge in [0, 0.05) is 6.42 Å². The number of aliphatic hydroxyl groups excluding tert-OH is 1. The van der Waals surface area contributed by atoms with Crippen LogP contribution in [-0.2, 0) is 9.59 Å². The van der Waals surface area contributed by atoms with Crippen molar-refractivity contribution in [3.63, 3.8) is 0 Å². The van der Waals surface area contributed by atoms with Crippen molar-refractivity contribution in [3.8, 4) is 0 Å². The molecule has 6 nitrogen and oxygen atoms in total. The predicted molar refractivity (Wildman–Crippen MR) is 57.1 cm³/mol. The first-order chi connectivity index (χ1) is 7.40. The molecule has 0 aliphatic rings. The van der Waals surface area contributed by atoms with Gasteiger partial charge in [0.1, 0.15) is 6.04 Å². The first-order valence-corrected chi connectivity index (χ1v) is 5.20. The topological polar surface area (TPSA) is 107 Å². The summed E-state index contributed by atoms with van der Waals surface area (Å²) in [6.45, 7) is 1.71. The lowest BCUT2D eigenvalue weighted by Gasteiger charge is -2.24. The molecule has 0 fully saturated rings. The molecule has 0 saturated heterocycles. The number of nitrogens with one attached hydrogen (secondary N) is 1. The highest BCUT2D eigenvalue weighted by molar-refractivity contribution is 5.74. The molecule has 0 radical (unpaired) electrons. The van der Waals surface area contributed by atoms with E-state index < -0.39 is 24.1 Å². The minimum absolute atomic E-state index is 0.0361. The van der Waals surface area contributed by atoms with Gasteiger partial charge in [0.2, 0.25) is 0 Å². The van der Waals surface area contributed by atoms with E-state index in [0.717, 1.165) is 0 Å². The Labute approximate surface area is 94.3 Å². The molecule has 0 aromatic carbocycles. The summed E-state index contributed by atoms with van der Waals surface area (Å²) in [4.78, 5) is 21.0. The highest BCUT2D eigenvalue weighted by Gasteiger charge is 2.28. The van der Waals surface area contributed by atoms with Gasteiger partial charge in [-0.3, -0.25) is 9.59 Å². The molecular formula is C10H19NO5. The number of likely N-dealkylation sites (N-methyl/N-ethyl adjacent to an activating group) is 1. The summed E-state index contributed by atoms with van der Waals surface area (Å²) in [5, 5.41) is 29.5. The maximum absolute atomic E-state index is 10.7. The van der Waals surface area contributed by atoms with Gasteiger partial charge in [-0.15, -0.1) is 0 Å². The van der Waals surface area contributed by atoms with Crippen molar-refractivity contribution in [1.82, 2.24) is 5.32 Å². The van der Waals surface area contributed by atoms with Gasteiger partial charge in [0.05, 0.1) is 6.10 Å². The van der Waals surface area contributed by atoms with E-state index in [4.69, 9.17) is 10.2 Å². The monoisotopic (exact) mass is 233 g/mol. The fraction of sp³-hybridized carbons (Fsp3) is 0.800. The van der Waals surface area contributed by atoms with Gasteiger partial charge >= 0.3 is 11.9 Å². The zero-order valence-electron chi connectivity index (χ0n) is 9.51. The Morgan fingerprint density at radius 1 is 1.31 bits per heavy atom. The summed E-state index contributed by atoms with van der Waals surface area (Å²) < 4.78 is 0. The summed E-state index contributed by atoms with van der Waals surface area (Å²) in [6, 6.07) is -1.01. The SMILES string of the molecule is CN[C@H](C(=O)O)[C@H](O)[C@H](C)CCCC(=O)O. The predicted octanol–water partition coefficient (Wildman–Crippen LogP) is -0.0891. The molecule has 0 aromatic rings. The summed E-state index contributed by atoms with van der Waals surface area (Å²) in [7, 11) is 1.46. The normalized spacial score (nSPS) is 16.4. The van der Waals surface area contributed by atoms with Gasteiger partial charge in [-0.1, -0.05) is 6.92 Å². The number of hydrogen-bond donors (Lipinski definition) is 4. The van der Waals surface area contributed by atoms with Gasteiger partial charge < -0.3 is 20.6 Å². The second-order valence-corrected chi connectivity index (χ2v) is 3.86. The second kappa shape index (κ2) is 7.19. The Morgan fingerprint density at radius 3 is 2.25 bits per heavy atom. The third kappa shape index (κ3) is 5.09. The van der Waals surface area contributed by atoms with Crippen LogP contribution in [0.2, 0.25) is 0 Å². The molecule has 6 heteroatoms. The van der Waals surface area contributed by atoms with Crippen LogP contribution in [-0.4, -0.2) is 46.5 Å². The van der Waals surface area contributed by atoms with Crippen LogP contribution in [0.25, 0.3) is 0 Å². The van der Waals surface area contributed by atoms with Crippen LogP contribution >= 0.6 is 0 Å². The Balaban J connectivity index is 4.10. The lowest BCUT2D eigenvalue weighted by molar-refractivity contribution is -0.143. The van der Waals surface area contributed by atoms with Crippen molar-refractivity contribution in [2.75, 3.05) is 7.05 Å². The van der Waals surface area contributed by atoms with Crippen molar-refractivity contribution in [3.05, 3.63) is 0 Å². The maximum atomic E-state index is 10.7. The number of aliphatic carboxylic acids is 2. The van der Waals surface area contributed by atoms with Crippen LogP contribution < -0.4 is 5.32 Å². The molecule has 0 spiro atoms. The molecule has 94 valence electrons. The van der Waals surface area contributed by atoms with Crippen molar-refractivity contribution in [2.45, 2.75) is 38.3 Å². The number of rotatable bonds is 8. The third-order valence-corrected chi connectivity index (χ3v) is 2.55. The minimum atomic E-state index is -1.11. The standard InChI is InChI=1S/C10H19NO5/c1-6(4-3-5-7(12)13)9(14)8(11-2)10(15)16/h6,8-9,11,14H,3-5H2,1-2H3,(H,12,13)(H,15,16)/t6-,8+,9-/m1/s1. The zero-order chi connectivity index (χ0) is 12.7. The average Bonchev–Trinajstić information content (AvgIpc) is 2.17. The molecule has 0 bridgehead atoms. The fourth-order valence-electron chi connectivity index (χ4n) is 1.51. The molecular weight excluding hydrogens is 214 g/mol. The first kappa shape index (κ1) is 14.9. The first-order valence-electron chi connectivity index (χ1n) is 5.20. The van der Waals surface area contributed by atoms with Crippen LogP contribution in [0.3, 0.4) is 0 Å². The highest BCUT2D eigenvalue weighted by atomic mass is 16.4. The van der Waals surface area contributed by atoms with Crippen LogP contribution in [0.5, 0.6) is 0 Å². The Kier molecular flexibility index (Phi) is 6.67. The maximum Gasteiger partial charge on any atom is 0.323 e. The van der Waals surface area contributed by atoms with Gasteiger partial charge in [0.15, 0.2) is 0 Å². The summed E-state index contributed by atoms with van der Waals surface area (Å²) >= 11 is 0. The molecule has 0 aromatic heterocycles. The van der Waals surface area contributed by atoms with Gasteiger partial charge in [-0.25, -0.2) is 0 Å². The van der Waals surface area contributed by atoms with E-state index in [2.05, 4.69) is 5.32 Å². The van der Waals surface area contributed by atoms with E-state index >= 15 is 0 Å². The van der Waals surface area contributed by atoms with E-state index in [-0.39, 0.29) is 12.3 Å². The lowest BCUT2D eigenvalue weighted by atomic mass is 9.93. The van der Waals surface area contributed by atoms with Crippen molar-refractivity contribution in [1.29, 1.82) is 0 Å². The molecule has 0 saturated carbocycles. The molecule has 3 atom stereocenters. The van der Waals surface area contributed by atoms with Gasteiger partial charge in [0.25, 0.3) is 0 Å². The fourth-order valence-corrected chi connectivity index (χ4v) is 1.51. The third-order valence-electron chi connectivity index (χ3n) is 2.55. The summed E-state index contributed by atoms with van der Waals surface area (Å²) in [6.07, 6.45) is -0.0621. The highest BCUT2D eigenvalue weighted by Crippen LogP contribution is 2.15. The number of carboxylic acid groups (broad SMARTS) is 2. The Hall–Kier alpha value is -1.14. The molecule has 0 rings (SSSR count). The van der Waals surface area contributed by atoms with Gasteiger partial charge in [-0.05, 0) is 25.8 Å². The molecule has 0 amide bonds. The largest absolute Gasteiger partial charge is 0.481 e. The van der Waals surface area contributed by atoms with E-state index in [1.165, 1.54) is 7.05 Å². The molecule has 0 aliphatic carbocycles. The molecule has 0 unspecified atom stereocenters. The quantitative estimate of drug-likeness (QED) is 0.467. The van der Waals surface area contributed by atoms with Crippen LogP contribution in [0.4, 0.5) is 0 Å². The summed E-state index contributed by atoms with van der Waals surface area (Å²) in [5.41, 5.74) is 0. The molecule has 4 N–H and O–H groups in total. The molecule has 16 heavy (non-hydrogen) atoms. The van der Waals surface area contributed by atoms with Crippen LogP contribution in [0.1, 0.15) is 26.2 Å². The minimum Gasteiger partial charge on any atom is -0.481 e. The van der Waals surface area contributed by atoms with Crippen LogP contribution in [0.15, 0.2) is 0 Å². The van der Waals surface area contributed by atoms with E-state index in [1.54, 1.807) is 6.92 Å². The Bertz CT molecular complexity index is 243. The smallest absolute Gasteiger partial charge is 0.323 e. The van der Waals surface area contributed by atoms with Crippen LogP contribution in [0, 0.1) is 5.92 Å². The van der Waals surface area contributed by atoms with Crippen molar-refractivity contribution < 1.29 is 24.9 Å². The van der Waals surface area contributed by atoms with E-state index in [9.17, 15) is 14.7 Å². The lowest BCUT2D eigenvalue weighted by Crippen LogP contribution is -2.47. The number of hydrogen-bond acceptors (Lipinski definition) is 4. The Morgan fingerprint density at radius 2 is 1.88 bits per heavy atom. The zero-order valence-corrected chi connectivity index (χ0v) is 9.51. The van der Waals surface area contributed by atoms with Gasteiger partial charge in [-0.2, -0.15) is 0 Å². The van der Waals surface area contributed by atoms with E-state index in [0.29, 0.717) is 12.8 Å². The van der Waals surface area contributed by atoms with Crippen molar-refractivity contribution in [2.24, 2.45) is 5.92 Å². The molecule has 0 heterocycles. The van der Waals surface area contributed by atoms with Crippen molar-refractivity contribution >= 4 is 11.9 Å². The number of carbonyl (C=O) groups is 2. The average molecular weight is 233 g/mol. The second-order valence-electron chi connectivity index (χ2n) is 3.86. The number of aliphatic hydroxyl groups is 1.